The number of hydrogen-bond acceptors (Lipinski definition) is 9. The Morgan fingerprint density at radius 1 is 1.24 bits per heavy atom. The number of thiazole rings is 1. The van der Waals surface area contributed by atoms with Crippen LogP contribution in [0.1, 0.15) is 19.8 Å². The van der Waals surface area contributed by atoms with Crippen LogP contribution in [0.15, 0.2) is 30.9 Å². The van der Waals surface area contributed by atoms with E-state index in [1.807, 2.05) is 18.9 Å². The summed E-state index contributed by atoms with van der Waals surface area (Å²) in [6, 6.07) is 4.42. The van der Waals surface area contributed by atoms with E-state index in [0.29, 0.717) is 43.0 Å². The third-order valence-corrected chi connectivity index (χ3v) is 9.28. The van der Waals surface area contributed by atoms with Crippen LogP contribution in [0.2, 0.25) is 5.02 Å². The van der Waals surface area contributed by atoms with Gasteiger partial charge in [0.2, 0.25) is 5.91 Å². The Kier molecular flexibility index (Phi) is 7.62. The van der Waals surface area contributed by atoms with Gasteiger partial charge in [0.25, 0.3) is 0 Å². The van der Waals surface area contributed by atoms with Crippen LogP contribution in [0.25, 0.3) is 32.2 Å². The summed E-state index contributed by atoms with van der Waals surface area (Å²) < 4.78 is 37.4. The Bertz CT molecular complexity index is 1720. The van der Waals surface area contributed by atoms with Crippen molar-refractivity contribution in [1.82, 2.24) is 24.8 Å². The van der Waals surface area contributed by atoms with Gasteiger partial charge in [-0.1, -0.05) is 29.5 Å². The van der Waals surface area contributed by atoms with E-state index in [0.717, 1.165) is 30.7 Å². The first-order chi connectivity index (χ1) is 20.2. The molecule has 220 valence electrons. The van der Waals surface area contributed by atoms with Gasteiger partial charge < -0.3 is 25.2 Å². The van der Waals surface area contributed by atoms with Crippen LogP contribution in [-0.4, -0.2) is 82.6 Å². The van der Waals surface area contributed by atoms with Crippen LogP contribution in [0.3, 0.4) is 0 Å². The number of nitrogens with two attached hydrogens (primary N) is 1. The highest BCUT2D eigenvalue weighted by Crippen LogP contribution is 2.42. The Morgan fingerprint density at radius 3 is 2.76 bits per heavy atom. The molecule has 2 aliphatic heterocycles. The number of ether oxygens (including phenoxy) is 1. The molecule has 6 rings (SSSR count). The van der Waals surface area contributed by atoms with Gasteiger partial charge in [0.15, 0.2) is 10.9 Å². The molecular formula is C29H30ClF2N7O2S. The van der Waals surface area contributed by atoms with Gasteiger partial charge in [-0.3, -0.25) is 4.79 Å². The van der Waals surface area contributed by atoms with Gasteiger partial charge in [-0.15, -0.1) is 0 Å². The molecule has 2 fully saturated rings. The molecule has 0 radical (unpaired) electrons. The number of nitrogens with zero attached hydrogens (tertiary/aromatic N) is 6. The van der Waals surface area contributed by atoms with Crippen molar-refractivity contribution in [2.24, 2.45) is 0 Å². The molecule has 4 heterocycles. The van der Waals surface area contributed by atoms with Crippen molar-refractivity contribution >= 4 is 60.9 Å². The Hall–Kier alpha value is -3.61. The van der Waals surface area contributed by atoms with Gasteiger partial charge >= 0.3 is 6.01 Å². The maximum Gasteiger partial charge on any atom is 0.319 e. The second kappa shape index (κ2) is 11.2. The normalized spacial score (nSPS) is 19.6. The van der Waals surface area contributed by atoms with Crippen molar-refractivity contribution in [3.05, 3.63) is 47.5 Å². The van der Waals surface area contributed by atoms with E-state index in [4.69, 9.17) is 27.1 Å². The SMILES string of the molecule is C=CC(=O)N1CCN(c2nc(OCC3CCCN3C)nc3c(F)c(-c4ccc(F)c5sc(N)nc45)c(Cl)cc23)CC1C. The molecule has 2 atom stereocenters. The molecule has 2 saturated heterocycles. The van der Waals surface area contributed by atoms with Crippen LogP contribution in [0.5, 0.6) is 6.01 Å². The van der Waals surface area contributed by atoms with E-state index in [-0.39, 0.29) is 55.5 Å². The first-order valence-corrected chi connectivity index (χ1v) is 14.9. The molecule has 0 bridgehead atoms. The van der Waals surface area contributed by atoms with Crippen molar-refractivity contribution in [2.45, 2.75) is 31.8 Å². The molecule has 2 unspecified atom stereocenters. The molecule has 2 N–H and O–H groups in total. The highest BCUT2D eigenvalue weighted by Gasteiger charge is 2.31. The standard InChI is InChI=1S/C29H30ClF2N7O2S/c1-4-21(40)39-11-10-38(13-15(39)2)27-18-12-19(30)22(17-7-8-20(31)26-25(17)34-28(33)42-26)23(32)24(18)35-29(36-27)41-14-16-6-5-9-37(16)3/h4,7-8,12,15-16H,1,5-6,9-11,13-14H2,2-3H3,(H2,33,34). The van der Waals surface area contributed by atoms with Crippen molar-refractivity contribution in [1.29, 1.82) is 0 Å². The number of benzene rings is 2. The molecule has 0 saturated carbocycles. The van der Waals surface area contributed by atoms with E-state index in [1.165, 1.54) is 18.2 Å². The van der Waals surface area contributed by atoms with Crippen molar-refractivity contribution in [2.75, 3.05) is 50.5 Å². The van der Waals surface area contributed by atoms with E-state index < -0.39 is 11.6 Å². The number of carbonyl (C=O) groups excluding carboxylic acids is 1. The minimum Gasteiger partial charge on any atom is -0.462 e. The third kappa shape index (κ3) is 5.01. The number of rotatable bonds is 6. The average molecular weight is 614 g/mol. The van der Waals surface area contributed by atoms with E-state index in [1.54, 1.807) is 11.0 Å². The molecule has 9 nitrogen and oxygen atoms in total. The first-order valence-electron chi connectivity index (χ1n) is 13.7. The maximum absolute atomic E-state index is 16.6. The summed E-state index contributed by atoms with van der Waals surface area (Å²) in [4.78, 5) is 31.8. The lowest BCUT2D eigenvalue weighted by Gasteiger charge is -2.40. The first kappa shape index (κ1) is 28.5. The second-order valence-corrected chi connectivity index (χ2v) is 12.2. The molecule has 13 heteroatoms. The summed E-state index contributed by atoms with van der Waals surface area (Å²) >= 11 is 7.74. The minimum atomic E-state index is -0.697. The van der Waals surface area contributed by atoms with Gasteiger partial charge in [0.05, 0.1) is 15.2 Å². The fraction of sp³-hybridized carbons (Fsp3) is 0.379. The number of aromatic nitrogens is 3. The van der Waals surface area contributed by atoms with Gasteiger partial charge in [-0.05, 0) is 57.6 Å². The molecular weight excluding hydrogens is 584 g/mol. The number of hydrogen-bond donors (Lipinski definition) is 1. The number of halogens is 3. The second-order valence-electron chi connectivity index (χ2n) is 10.7. The largest absolute Gasteiger partial charge is 0.462 e. The monoisotopic (exact) mass is 613 g/mol. The van der Waals surface area contributed by atoms with Crippen LogP contribution < -0.4 is 15.4 Å². The topological polar surface area (TPSA) is 101 Å². The molecule has 0 spiro atoms. The van der Waals surface area contributed by atoms with Gasteiger partial charge in [-0.25, -0.2) is 13.8 Å². The quantitative estimate of drug-likeness (QED) is 0.299. The molecule has 2 aromatic carbocycles. The zero-order valence-electron chi connectivity index (χ0n) is 23.2. The number of piperazine rings is 1. The predicted octanol–water partition coefficient (Wildman–Crippen LogP) is 5.12. The van der Waals surface area contributed by atoms with E-state index >= 15 is 4.39 Å². The number of likely N-dealkylation sites (N-methyl/N-ethyl adjacent to an activating group) is 1. The predicted molar refractivity (Wildman–Crippen MR) is 162 cm³/mol. The van der Waals surface area contributed by atoms with Crippen LogP contribution in [-0.2, 0) is 4.79 Å². The van der Waals surface area contributed by atoms with Crippen molar-refractivity contribution < 1.29 is 18.3 Å². The molecule has 1 amide bonds. The van der Waals surface area contributed by atoms with Gasteiger partial charge in [0.1, 0.15) is 23.8 Å². The number of anilines is 2. The summed E-state index contributed by atoms with van der Waals surface area (Å²) in [6.45, 7) is 8.23. The third-order valence-electron chi connectivity index (χ3n) is 8.08. The molecule has 2 aromatic heterocycles. The zero-order valence-corrected chi connectivity index (χ0v) is 24.8. The fourth-order valence-electron chi connectivity index (χ4n) is 5.86. The summed E-state index contributed by atoms with van der Waals surface area (Å²) in [5.41, 5.74) is 6.47. The molecule has 42 heavy (non-hydrogen) atoms. The smallest absolute Gasteiger partial charge is 0.319 e. The molecule has 4 aromatic rings. The lowest BCUT2D eigenvalue weighted by molar-refractivity contribution is -0.128. The van der Waals surface area contributed by atoms with E-state index in [9.17, 15) is 9.18 Å². The number of amides is 1. The lowest BCUT2D eigenvalue weighted by Crippen LogP contribution is -2.54. The number of carbonyl (C=O) groups is 1. The summed E-state index contributed by atoms with van der Waals surface area (Å²) in [6.07, 6.45) is 3.36. The Labute approximate surface area is 250 Å². The molecule has 2 aliphatic rings. The van der Waals surface area contributed by atoms with Crippen LogP contribution in [0, 0.1) is 11.6 Å². The minimum absolute atomic E-state index is 0.0205. The number of likely N-dealkylation sites (tertiary alicyclic amines) is 1. The summed E-state index contributed by atoms with van der Waals surface area (Å²) in [7, 11) is 2.04. The van der Waals surface area contributed by atoms with Crippen molar-refractivity contribution in [3.63, 3.8) is 0 Å². The highest BCUT2D eigenvalue weighted by atomic mass is 35.5. The number of fused-ring (bicyclic) bond motifs is 2. The number of nitrogen functional groups attached to an aromatic ring is 1. The van der Waals surface area contributed by atoms with Gasteiger partial charge in [-0.2, -0.15) is 9.97 Å². The van der Waals surface area contributed by atoms with Gasteiger partial charge in [0, 0.05) is 48.2 Å². The van der Waals surface area contributed by atoms with Crippen molar-refractivity contribution in [3.8, 4) is 17.1 Å². The Balaban J connectivity index is 1.48. The average Bonchev–Trinajstić information content (AvgIpc) is 3.57. The maximum atomic E-state index is 16.6. The van der Waals surface area contributed by atoms with E-state index in [2.05, 4.69) is 21.4 Å². The molecule has 0 aliphatic carbocycles. The van der Waals surface area contributed by atoms with Crippen LogP contribution >= 0.6 is 22.9 Å². The van der Waals surface area contributed by atoms with Crippen LogP contribution in [0.4, 0.5) is 19.7 Å². The Morgan fingerprint density at radius 2 is 2.05 bits per heavy atom. The summed E-state index contributed by atoms with van der Waals surface area (Å²) in [5, 5.41) is 0.659. The zero-order chi connectivity index (χ0) is 29.7. The highest BCUT2D eigenvalue weighted by molar-refractivity contribution is 7.22. The lowest BCUT2D eigenvalue weighted by atomic mass is 10.0. The summed E-state index contributed by atoms with van der Waals surface area (Å²) in [5.74, 6) is -0.883. The fourth-order valence-corrected chi connectivity index (χ4v) is 6.92.